The zero-order valence-corrected chi connectivity index (χ0v) is 35.2. The molecule has 0 aliphatic heterocycles. The number of benzene rings is 10. The lowest BCUT2D eigenvalue weighted by atomic mass is 9.81. The van der Waals surface area contributed by atoms with Crippen molar-refractivity contribution in [3.63, 3.8) is 0 Å². The smallest absolute Gasteiger partial charge is 0.160 e. The van der Waals surface area contributed by atoms with Gasteiger partial charge < -0.3 is 0 Å². The van der Waals surface area contributed by atoms with Crippen molar-refractivity contribution in [3.05, 3.63) is 230 Å². The van der Waals surface area contributed by atoms with E-state index in [1.807, 2.05) is 0 Å². The zero-order valence-electron chi connectivity index (χ0n) is 35.2. The van der Waals surface area contributed by atoms with Gasteiger partial charge >= 0.3 is 0 Å². The first-order valence-electron chi connectivity index (χ1n) is 21.8. The van der Waals surface area contributed by atoms with E-state index in [1.54, 1.807) is 0 Å². The number of hydrogen-bond acceptors (Lipinski definition) is 2. The van der Waals surface area contributed by atoms with Gasteiger partial charge in [0.25, 0.3) is 0 Å². The molecule has 10 aromatic carbocycles. The first-order chi connectivity index (χ1) is 31.0. The lowest BCUT2D eigenvalue weighted by Crippen LogP contribution is -2.14. The molecule has 2 nitrogen and oxygen atoms in total. The van der Waals surface area contributed by atoms with Gasteiger partial charge in [0, 0.05) is 22.1 Å². The highest BCUT2D eigenvalue weighted by molar-refractivity contribution is 6.20. The maximum atomic E-state index is 5.46. The van der Waals surface area contributed by atoms with E-state index < -0.39 is 0 Å². The second-order valence-electron chi connectivity index (χ2n) is 17.3. The Morgan fingerprint density at radius 1 is 0.302 bits per heavy atom. The fourth-order valence-electron chi connectivity index (χ4n) is 10.2. The Hall–Kier alpha value is -7.94. The summed E-state index contributed by atoms with van der Waals surface area (Å²) >= 11 is 0. The Kier molecular flexibility index (Phi) is 8.55. The molecule has 1 aliphatic carbocycles. The minimum Gasteiger partial charge on any atom is -0.228 e. The number of rotatable bonds is 6. The molecule has 0 amide bonds. The molecule has 0 atom stereocenters. The van der Waals surface area contributed by atoms with Crippen molar-refractivity contribution in [2.75, 3.05) is 0 Å². The molecule has 12 rings (SSSR count). The van der Waals surface area contributed by atoms with Gasteiger partial charge in [0.15, 0.2) is 5.82 Å². The molecule has 0 saturated carbocycles. The quantitative estimate of drug-likeness (QED) is 0.124. The van der Waals surface area contributed by atoms with Crippen molar-refractivity contribution < 1.29 is 0 Å². The van der Waals surface area contributed by atoms with E-state index in [4.69, 9.17) is 9.97 Å². The van der Waals surface area contributed by atoms with E-state index in [-0.39, 0.29) is 5.41 Å². The van der Waals surface area contributed by atoms with Crippen LogP contribution in [0.15, 0.2) is 218 Å². The van der Waals surface area contributed by atoms with E-state index in [2.05, 4.69) is 232 Å². The molecule has 1 aliphatic rings. The lowest BCUT2D eigenvalue weighted by Gasteiger charge is -2.22. The fraction of sp³-hybridized carbons (Fsp3) is 0.0492. The first kappa shape index (κ1) is 36.9. The van der Waals surface area contributed by atoms with Crippen molar-refractivity contribution in [1.29, 1.82) is 0 Å². The number of aromatic nitrogens is 2. The molecule has 0 N–H and O–H groups in total. The van der Waals surface area contributed by atoms with Gasteiger partial charge in [-0.3, -0.25) is 0 Å². The summed E-state index contributed by atoms with van der Waals surface area (Å²) in [7, 11) is 0. The number of hydrogen-bond donors (Lipinski definition) is 0. The predicted octanol–water partition coefficient (Wildman–Crippen LogP) is 16.2. The predicted molar refractivity (Wildman–Crippen MR) is 265 cm³/mol. The van der Waals surface area contributed by atoms with Gasteiger partial charge in [0.05, 0.1) is 11.4 Å². The molecular formula is C61H42N2. The topological polar surface area (TPSA) is 25.8 Å². The Labute approximate surface area is 367 Å². The molecule has 1 aromatic heterocycles. The normalized spacial score (nSPS) is 12.7. The Bertz CT molecular complexity index is 3580. The van der Waals surface area contributed by atoms with Gasteiger partial charge in [-0.1, -0.05) is 214 Å². The summed E-state index contributed by atoms with van der Waals surface area (Å²) in [6, 6.07) is 79.1. The summed E-state index contributed by atoms with van der Waals surface area (Å²) < 4.78 is 0. The summed E-state index contributed by atoms with van der Waals surface area (Å²) in [4.78, 5) is 10.8. The Morgan fingerprint density at radius 3 is 1.75 bits per heavy atom. The highest BCUT2D eigenvalue weighted by Crippen LogP contribution is 2.53. The largest absolute Gasteiger partial charge is 0.228 e. The van der Waals surface area contributed by atoms with E-state index in [0.29, 0.717) is 5.82 Å². The fourth-order valence-corrected chi connectivity index (χ4v) is 10.2. The minimum absolute atomic E-state index is 0.103. The van der Waals surface area contributed by atoms with Crippen molar-refractivity contribution in [2.24, 2.45) is 0 Å². The summed E-state index contributed by atoms with van der Waals surface area (Å²) in [6.07, 6.45) is 0. The van der Waals surface area contributed by atoms with Crippen LogP contribution in [0.4, 0.5) is 0 Å². The maximum Gasteiger partial charge on any atom is 0.160 e. The summed E-state index contributed by atoms with van der Waals surface area (Å²) in [6.45, 7) is 4.69. The molecule has 0 bridgehead atoms. The van der Waals surface area contributed by atoms with Crippen LogP contribution in [0.2, 0.25) is 0 Å². The van der Waals surface area contributed by atoms with Gasteiger partial charge in [-0.15, -0.1) is 0 Å². The molecule has 11 aromatic rings. The van der Waals surface area contributed by atoms with Crippen LogP contribution in [0.3, 0.4) is 0 Å². The van der Waals surface area contributed by atoms with E-state index in [9.17, 15) is 0 Å². The zero-order chi connectivity index (χ0) is 42.1. The summed E-state index contributed by atoms with van der Waals surface area (Å²) in [5.41, 5.74) is 17.2. The average molecular weight is 803 g/mol. The van der Waals surface area contributed by atoms with Gasteiger partial charge in [0.2, 0.25) is 0 Å². The number of fused-ring (bicyclic) bond motifs is 7. The molecule has 0 saturated heterocycles. The van der Waals surface area contributed by atoms with Crippen molar-refractivity contribution in [1.82, 2.24) is 9.97 Å². The van der Waals surface area contributed by atoms with Gasteiger partial charge in [0.1, 0.15) is 0 Å². The standard InChI is InChI=1S/C61H42N2/c1-61(2)54-28-13-12-26-52(54)59-50(27-15-29-55(59)61)48-24-10-11-25-49(48)57-38-56(45-21-14-20-43(36-45)39-16-4-3-5-17-39)62-60(63-57)42-32-30-41(31-33-42)58-47-23-9-7-19-44(47)37-53-46-22-8-6-18-40(46)34-35-51(53)58/h3-38H,1-2H3. The van der Waals surface area contributed by atoms with E-state index in [1.165, 1.54) is 71.3 Å². The van der Waals surface area contributed by atoms with Crippen LogP contribution in [0.1, 0.15) is 25.0 Å². The van der Waals surface area contributed by atoms with Crippen molar-refractivity contribution in [3.8, 4) is 78.4 Å². The number of nitrogens with zero attached hydrogens (tertiary/aromatic N) is 2. The van der Waals surface area contributed by atoms with Crippen LogP contribution in [-0.4, -0.2) is 9.97 Å². The molecule has 63 heavy (non-hydrogen) atoms. The monoisotopic (exact) mass is 802 g/mol. The third-order valence-corrected chi connectivity index (χ3v) is 13.3. The SMILES string of the molecule is CC1(C)c2ccccc2-c2c(-c3ccccc3-c3cc(-c4cccc(-c5ccccc5)c4)nc(-c4ccc(-c5c6ccccc6cc6c5ccc5ccccc56)cc4)n3)cccc21. The molecule has 0 unspecified atom stereocenters. The van der Waals surface area contributed by atoms with Crippen LogP contribution >= 0.6 is 0 Å². The second-order valence-corrected chi connectivity index (χ2v) is 17.3. The first-order valence-corrected chi connectivity index (χ1v) is 21.8. The lowest BCUT2D eigenvalue weighted by molar-refractivity contribution is 0.660. The van der Waals surface area contributed by atoms with Crippen LogP contribution in [-0.2, 0) is 5.41 Å². The third-order valence-electron chi connectivity index (χ3n) is 13.3. The average Bonchev–Trinajstić information content (AvgIpc) is 3.59. The van der Waals surface area contributed by atoms with E-state index >= 15 is 0 Å². The molecule has 0 fully saturated rings. The van der Waals surface area contributed by atoms with Crippen LogP contribution in [0.5, 0.6) is 0 Å². The van der Waals surface area contributed by atoms with Crippen molar-refractivity contribution >= 4 is 32.3 Å². The van der Waals surface area contributed by atoms with Crippen LogP contribution in [0.25, 0.3) is 111 Å². The Balaban J connectivity index is 1.04. The molecule has 296 valence electrons. The van der Waals surface area contributed by atoms with Crippen molar-refractivity contribution in [2.45, 2.75) is 19.3 Å². The molecule has 1 heterocycles. The molecule has 0 radical (unpaired) electrons. The molecule has 2 heteroatoms. The van der Waals surface area contributed by atoms with Gasteiger partial charge in [-0.05, 0) is 106 Å². The Morgan fingerprint density at radius 2 is 0.905 bits per heavy atom. The minimum atomic E-state index is -0.103. The van der Waals surface area contributed by atoms with Crippen LogP contribution < -0.4 is 0 Å². The third kappa shape index (κ3) is 6.09. The second kappa shape index (κ2) is 14.6. The molecule has 0 spiro atoms. The van der Waals surface area contributed by atoms with Gasteiger partial charge in [-0.25, -0.2) is 9.97 Å². The summed E-state index contributed by atoms with van der Waals surface area (Å²) in [5, 5.41) is 7.49. The van der Waals surface area contributed by atoms with Crippen LogP contribution in [0, 0.1) is 0 Å². The summed E-state index contributed by atoms with van der Waals surface area (Å²) in [5.74, 6) is 0.688. The highest BCUT2D eigenvalue weighted by atomic mass is 14.9. The molecular weight excluding hydrogens is 761 g/mol. The van der Waals surface area contributed by atoms with E-state index in [0.717, 1.165) is 44.8 Å². The maximum absolute atomic E-state index is 5.46. The highest BCUT2D eigenvalue weighted by Gasteiger charge is 2.36. The van der Waals surface area contributed by atoms with Gasteiger partial charge in [-0.2, -0.15) is 0 Å².